The number of carbonyl (C=O) groups excluding carboxylic acids is 1. The molecule has 1 nitrogen and oxygen atoms in total. The first-order valence-corrected chi connectivity index (χ1v) is 7.72. The van der Waals surface area contributed by atoms with Gasteiger partial charge in [0.05, 0.1) is 0 Å². The fraction of sp³-hybridized carbons (Fsp3) is 0.722. The lowest BCUT2D eigenvalue weighted by molar-refractivity contribution is -0.116. The third-order valence-corrected chi connectivity index (χ3v) is 3.37. The Morgan fingerprint density at radius 3 is 1.89 bits per heavy atom. The largest absolute Gasteiger partial charge is 0.300 e. The zero-order valence-corrected chi connectivity index (χ0v) is 13.6. The maximum Gasteiger partial charge on any atom is 0.130 e. The predicted molar refractivity (Wildman–Crippen MR) is 85.4 cm³/mol. The summed E-state index contributed by atoms with van der Waals surface area (Å²) in [4.78, 5) is 10.8. The Balaban J connectivity index is 3.73. The SMILES string of the molecule is CC(=O)CCC=C(C)CCCC(C)=CCCC(C)C. The molecule has 0 amide bonds. The van der Waals surface area contributed by atoms with E-state index >= 15 is 0 Å². The highest BCUT2D eigenvalue weighted by Gasteiger charge is 1.96. The van der Waals surface area contributed by atoms with Crippen LogP contribution < -0.4 is 0 Å². The smallest absolute Gasteiger partial charge is 0.130 e. The highest BCUT2D eigenvalue weighted by Crippen LogP contribution is 2.14. The molecule has 0 unspecified atom stereocenters. The highest BCUT2D eigenvalue weighted by molar-refractivity contribution is 5.75. The molecule has 0 saturated carbocycles. The van der Waals surface area contributed by atoms with Crippen molar-refractivity contribution in [2.75, 3.05) is 0 Å². The summed E-state index contributed by atoms with van der Waals surface area (Å²) in [7, 11) is 0. The van der Waals surface area contributed by atoms with E-state index in [2.05, 4.69) is 39.8 Å². The maximum atomic E-state index is 10.8. The standard InChI is InChI=1S/C18H32O/c1-15(2)9-6-10-16(3)11-7-12-17(4)13-8-14-18(5)19/h10,13,15H,6-9,11-12,14H2,1-5H3. The van der Waals surface area contributed by atoms with Crippen molar-refractivity contribution in [3.8, 4) is 0 Å². The van der Waals surface area contributed by atoms with Crippen molar-refractivity contribution in [2.24, 2.45) is 5.92 Å². The molecule has 110 valence electrons. The summed E-state index contributed by atoms with van der Waals surface area (Å²) in [6, 6.07) is 0. The zero-order valence-electron chi connectivity index (χ0n) is 13.6. The van der Waals surface area contributed by atoms with Crippen LogP contribution in [0.25, 0.3) is 0 Å². The monoisotopic (exact) mass is 264 g/mol. The summed E-state index contributed by atoms with van der Waals surface area (Å²) in [6.07, 6.45) is 12.3. The van der Waals surface area contributed by atoms with Gasteiger partial charge in [-0.2, -0.15) is 0 Å². The summed E-state index contributed by atoms with van der Waals surface area (Å²) < 4.78 is 0. The van der Waals surface area contributed by atoms with E-state index in [1.54, 1.807) is 6.92 Å². The Labute approximate surface area is 120 Å². The molecular weight excluding hydrogens is 232 g/mol. The molecule has 0 radical (unpaired) electrons. The van der Waals surface area contributed by atoms with Crippen LogP contribution >= 0.6 is 0 Å². The van der Waals surface area contributed by atoms with E-state index < -0.39 is 0 Å². The average Bonchev–Trinajstić information content (AvgIpc) is 2.27. The van der Waals surface area contributed by atoms with Crippen molar-refractivity contribution in [3.05, 3.63) is 23.3 Å². The summed E-state index contributed by atoms with van der Waals surface area (Å²) in [5, 5.41) is 0. The van der Waals surface area contributed by atoms with Crippen molar-refractivity contribution in [1.82, 2.24) is 0 Å². The lowest BCUT2D eigenvalue weighted by Crippen LogP contribution is -1.88. The van der Waals surface area contributed by atoms with Gasteiger partial charge in [-0.05, 0) is 65.2 Å². The third kappa shape index (κ3) is 13.4. The molecule has 0 saturated heterocycles. The van der Waals surface area contributed by atoms with Gasteiger partial charge in [0, 0.05) is 6.42 Å². The van der Waals surface area contributed by atoms with Gasteiger partial charge in [0.25, 0.3) is 0 Å². The minimum Gasteiger partial charge on any atom is -0.300 e. The predicted octanol–water partition coefficient (Wildman–Crippen LogP) is 5.85. The Morgan fingerprint density at radius 2 is 1.42 bits per heavy atom. The molecule has 0 aliphatic carbocycles. The van der Waals surface area contributed by atoms with E-state index in [9.17, 15) is 4.79 Å². The van der Waals surface area contributed by atoms with Crippen LogP contribution in [-0.4, -0.2) is 5.78 Å². The van der Waals surface area contributed by atoms with E-state index in [0.29, 0.717) is 6.42 Å². The van der Waals surface area contributed by atoms with Crippen LogP contribution in [0.15, 0.2) is 23.3 Å². The van der Waals surface area contributed by atoms with E-state index in [0.717, 1.165) is 18.8 Å². The molecule has 0 aromatic carbocycles. The second-order valence-electron chi connectivity index (χ2n) is 6.17. The Kier molecular flexibility index (Phi) is 10.5. The molecule has 0 aliphatic rings. The van der Waals surface area contributed by atoms with E-state index in [-0.39, 0.29) is 5.78 Å². The molecule has 0 spiro atoms. The number of ketones is 1. The van der Waals surface area contributed by atoms with E-state index in [1.807, 2.05) is 0 Å². The van der Waals surface area contributed by atoms with E-state index in [1.165, 1.54) is 36.8 Å². The van der Waals surface area contributed by atoms with Crippen LogP contribution in [0.4, 0.5) is 0 Å². The summed E-state index contributed by atoms with van der Waals surface area (Å²) >= 11 is 0. The second kappa shape index (κ2) is 11.0. The molecule has 0 fully saturated rings. The number of allylic oxidation sites excluding steroid dienone is 4. The van der Waals surface area contributed by atoms with E-state index in [4.69, 9.17) is 0 Å². The molecule has 0 N–H and O–H groups in total. The normalized spacial score (nSPS) is 13.2. The van der Waals surface area contributed by atoms with Gasteiger partial charge in [-0.3, -0.25) is 0 Å². The molecule has 0 atom stereocenters. The number of Topliss-reactive ketones (excluding diaryl/α,β-unsaturated/α-hetero) is 1. The zero-order chi connectivity index (χ0) is 14.7. The van der Waals surface area contributed by atoms with Crippen LogP contribution in [0.5, 0.6) is 0 Å². The minimum absolute atomic E-state index is 0.285. The third-order valence-electron chi connectivity index (χ3n) is 3.37. The Bertz CT molecular complexity index is 308. The molecule has 1 heteroatoms. The summed E-state index contributed by atoms with van der Waals surface area (Å²) in [5.74, 6) is 1.09. The van der Waals surface area contributed by atoms with Gasteiger partial charge >= 0.3 is 0 Å². The number of rotatable bonds is 10. The van der Waals surface area contributed by atoms with Gasteiger partial charge in [0.2, 0.25) is 0 Å². The Morgan fingerprint density at radius 1 is 0.895 bits per heavy atom. The molecular formula is C18H32O. The molecule has 0 aromatic rings. The average molecular weight is 264 g/mol. The van der Waals surface area contributed by atoms with Gasteiger partial charge in [-0.1, -0.05) is 37.1 Å². The number of hydrogen-bond acceptors (Lipinski definition) is 1. The first kappa shape index (κ1) is 18.1. The second-order valence-corrected chi connectivity index (χ2v) is 6.17. The fourth-order valence-electron chi connectivity index (χ4n) is 2.04. The first-order chi connectivity index (χ1) is 8.91. The highest BCUT2D eigenvalue weighted by atomic mass is 16.1. The Hall–Kier alpha value is -0.850. The summed E-state index contributed by atoms with van der Waals surface area (Å²) in [6.45, 7) is 10.6. The van der Waals surface area contributed by atoms with Gasteiger partial charge in [-0.25, -0.2) is 0 Å². The van der Waals surface area contributed by atoms with Crippen molar-refractivity contribution < 1.29 is 4.79 Å². The van der Waals surface area contributed by atoms with Gasteiger partial charge in [0.1, 0.15) is 5.78 Å². The summed E-state index contributed by atoms with van der Waals surface area (Å²) in [5.41, 5.74) is 2.95. The first-order valence-electron chi connectivity index (χ1n) is 7.72. The lowest BCUT2D eigenvalue weighted by Gasteiger charge is -2.04. The molecule has 0 aromatic heterocycles. The quantitative estimate of drug-likeness (QED) is 0.452. The van der Waals surface area contributed by atoms with Crippen molar-refractivity contribution in [3.63, 3.8) is 0 Å². The number of carbonyl (C=O) groups is 1. The van der Waals surface area contributed by atoms with Crippen LogP contribution in [0.1, 0.15) is 79.6 Å². The van der Waals surface area contributed by atoms with Crippen molar-refractivity contribution >= 4 is 5.78 Å². The van der Waals surface area contributed by atoms with Crippen LogP contribution in [0, 0.1) is 5.92 Å². The van der Waals surface area contributed by atoms with Gasteiger partial charge in [0.15, 0.2) is 0 Å². The van der Waals surface area contributed by atoms with Crippen LogP contribution in [-0.2, 0) is 4.79 Å². The molecule has 0 bridgehead atoms. The fourth-order valence-corrected chi connectivity index (χ4v) is 2.04. The molecule has 0 heterocycles. The van der Waals surface area contributed by atoms with Gasteiger partial charge in [-0.15, -0.1) is 0 Å². The van der Waals surface area contributed by atoms with Gasteiger partial charge < -0.3 is 4.79 Å². The molecule has 0 aliphatic heterocycles. The maximum absolute atomic E-state index is 10.8. The van der Waals surface area contributed by atoms with Crippen molar-refractivity contribution in [1.29, 1.82) is 0 Å². The van der Waals surface area contributed by atoms with Crippen molar-refractivity contribution in [2.45, 2.75) is 79.6 Å². The van der Waals surface area contributed by atoms with Crippen LogP contribution in [0.2, 0.25) is 0 Å². The topological polar surface area (TPSA) is 17.1 Å². The number of hydrogen-bond donors (Lipinski definition) is 0. The lowest BCUT2D eigenvalue weighted by atomic mass is 10.0. The van der Waals surface area contributed by atoms with Crippen LogP contribution in [0.3, 0.4) is 0 Å². The minimum atomic E-state index is 0.285. The molecule has 19 heavy (non-hydrogen) atoms. The molecule has 0 rings (SSSR count).